The maximum Gasteiger partial charge on any atom is 0.265 e. The number of hydrogen-bond donors (Lipinski definition) is 1. The number of nitrogens with one attached hydrogen (secondary N) is 1. The van der Waals surface area contributed by atoms with E-state index in [4.69, 9.17) is 14.3 Å². The molecular weight excluding hydrogens is 468 g/mol. The second kappa shape index (κ2) is 7.70. The molecule has 0 bridgehead atoms. The Labute approximate surface area is 174 Å². The monoisotopic (exact) mass is 482 g/mol. The van der Waals surface area contributed by atoms with Crippen molar-refractivity contribution in [2.24, 2.45) is 0 Å². The highest BCUT2D eigenvalue weighted by atomic mass is 79.9. The first kappa shape index (κ1) is 19.2. The first-order valence-electron chi connectivity index (χ1n) is 8.24. The third kappa shape index (κ3) is 3.86. The Balaban J connectivity index is 1.50. The number of halogens is 1. The van der Waals surface area contributed by atoms with Gasteiger partial charge in [0.25, 0.3) is 15.9 Å². The third-order valence-corrected chi connectivity index (χ3v) is 7.50. The summed E-state index contributed by atoms with van der Waals surface area (Å²) in [6, 6.07) is 7.37. The number of thiophene rings is 1. The second-order valence-corrected chi connectivity index (χ2v) is 9.49. The minimum Gasteiger partial charge on any atom is -0.337 e. The van der Waals surface area contributed by atoms with Crippen molar-refractivity contribution in [3.63, 3.8) is 0 Å². The van der Waals surface area contributed by atoms with E-state index >= 15 is 0 Å². The Morgan fingerprint density at radius 1 is 1.36 bits per heavy atom. The molecule has 1 aromatic carbocycles. The van der Waals surface area contributed by atoms with Crippen molar-refractivity contribution in [2.75, 3.05) is 4.72 Å². The van der Waals surface area contributed by atoms with E-state index < -0.39 is 10.0 Å². The van der Waals surface area contributed by atoms with Gasteiger partial charge in [-0.1, -0.05) is 29.4 Å². The quantitative estimate of drug-likeness (QED) is 0.512. The molecule has 0 radical (unpaired) electrons. The molecule has 1 aliphatic heterocycles. The maximum atomic E-state index is 12.7. The van der Waals surface area contributed by atoms with Crippen molar-refractivity contribution in [1.29, 1.82) is 0 Å². The number of nitrogens with zero attached hydrogens (tertiary/aromatic N) is 1. The summed E-state index contributed by atoms with van der Waals surface area (Å²) < 4.78 is 33.4. The second-order valence-electron chi connectivity index (χ2n) is 6.04. The van der Waals surface area contributed by atoms with Gasteiger partial charge in [-0.3, -0.25) is 0 Å². The zero-order valence-corrected chi connectivity index (χ0v) is 17.9. The van der Waals surface area contributed by atoms with Gasteiger partial charge in [-0.25, -0.2) is 13.1 Å². The molecule has 0 spiro atoms. The molecule has 0 fully saturated rings. The molecule has 2 aromatic heterocycles. The number of fused-ring (bicyclic) bond motifs is 1. The largest absolute Gasteiger partial charge is 0.337 e. The highest BCUT2D eigenvalue weighted by molar-refractivity contribution is 9.10. The predicted molar refractivity (Wildman–Crippen MR) is 109 cm³/mol. The number of rotatable bonds is 6. The van der Waals surface area contributed by atoms with Gasteiger partial charge < -0.3 is 9.41 Å². The number of aromatic nitrogens is 1. The molecule has 10 heteroatoms. The Bertz CT molecular complexity index is 1150. The molecule has 3 heterocycles. The Morgan fingerprint density at radius 2 is 2.21 bits per heavy atom. The molecule has 0 atom stereocenters. The van der Waals surface area contributed by atoms with Gasteiger partial charge >= 0.3 is 0 Å². The number of sulfonamides is 1. The summed E-state index contributed by atoms with van der Waals surface area (Å²) >= 11 is 4.64. The lowest BCUT2D eigenvalue weighted by molar-refractivity contribution is -0.194. The van der Waals surface area contributed by atoms with Crippen molar-refractivity contribution in [1.82, 2.24) is 5.16 Å². The molecule has 0 saturated heterocycles. The van der Waals surface area contributed by atoms with Crippen molar-refractivity contribution >= 4 is 49.3 Å². The fourth-order valence-electron chi connectivity index (χ4n) is 2.65. The molecule has 0 aliphatic carbocycles. The van der Waals surface area contributed by atoms with E-state index in [9.17, 15) is 8.42 Å². The first-order chi connectivity index (χ1) is 13.4. The van der Waals surface area contributed by atoms with Crippen molar-refractivity contribution in [2.45, 2.75) is 24.8 Å². The van der Waals surface area contributed by atoms with Crippen LogP contribution in [-0.4, -0.2) is 13.6 Å². The zero-order chi connectivity index (χ0) is 19.7. The number of allylic oxidation sites excluding steroid dienone is 1. The van der Waals surface area contributed by atoms with Crippen molar-refractivity contribution < 1.29 is 22.7 Å². The average molecular weight is 483 g/mol. The fraction of sp³-hybridized carbons (Fsp3) is 0.167. The van der Waals surface area contributed by atoms with E-state index in [1.54, 1.807) is 18.4 Å². The van der Waals surface area contributed by atoms with Crippen LogP contribution in [0.15, 0.2) is 49.6 Å². The summed E-state index contributed by atoms with van der Waals surface area (Å²) in [4.78, 5) is 11.0. The molecule has 0 unspecified atom stereocenters. The summed E-state index contributed by atoms with van der Waals surface area (Å²) in [6.45, 7) is 2.16. The van der Waals surface area contributed by atoms with Gasteiger partial charge in [0.1, 0.15) is 16.0 Å². The van der Waals surface area contributed by atoms with Crippen LogP contribution in [0.3, 0.4) is 0 Å². The van der Waals surface area contributed by atoms with Crippen LogP contribution in [0.1, 0.15) is 21.7 Å². The van der Waals surface area contributed by atoms with E-state index in [1.807, 2.05) is 30.4 Å². The highest BCUT2D eigenvalue weighted by Crippen LogP contribution is 2.31. The minimum absolute atomic E-state index is 0.0607. The van der Waals surface area contributed by atoms with Crippen LogP contribution in [0.5, 0.6) is 5.75 Å². The molecule has 0 saturated carbocycles. The predicted octanol–water partition coefficient (Wildman–Crippen LogP) is 4.69. The van der Waals surface area contributed by atoms with Gasteiger partial charge in [-0.15, -0.1) is 11.3 Å². The van der Waals surface area contributed by atoms with Gasteiger partial charge in [0.05, 0.1) is 5.69 Å². The minimum atomic E-state index is -3.79. The molecule has 3 aromatic rings. The van der Waals surface area contributed by atoms with E-state index in [0.29, 0.717) is 28.9 Å². The van der Waals surface area contributed by atoms with Crippen LogP contribution < -0.4 is 9.61 Å². The fourth-order valence-corrected chi connectivity index (χ4v) is 5.45. The van der Waals surface area contributed by atoms with Crippen LogP contribution in [0, 0.1) is 6.92 Å². The summed E-state index contributed by atoms with van der Waals surface area (Å²) in [6.07, 6.45) is 4.30. The lowest BCUT2D eigenvalue weighted by atomic mass is 10.1. The number of anilines is 1. The molecule has 7 nitrogen and oxygen atoms in total. The van der Waals surface area contributed by atoms with E-state index in [-0.39, 0.29) is 10.8 Å². The molecule has 146 valence electrons. The summed E-state index contributed by atoms with van der Waals surface area (Å²) in [5.41, 5.74) is 2.52. The van der Waals surface area contributed by atoms with Gasteiger partial charge in [0.15, 0.2) is 5.75 Å². The number of hydrogen-bond acceptors (Lipinski definition) is 7. The van der Waals surface area contributed by atoms with Crippen LogP contribution in [0.25, 0.3) is 6.08 Å². The molecule has 4 rings (SSSR count). The van der Waals surface area contributed by atoms with Gasteiger partial charge in [-0.05, 0) is 45.9 Å². The summed E-state index contributed by atoms with van der Waals surface area (Å²) in [5.74, 6) is 0.768. The number of aryl methyl sites for hydroxylation is 1. The Morgan fingerprint density at radius 3 is 3.00 bits per heavy atom. The lowest BCUT2D eigenvalue weighted by Gasteiger charge is -2.05. The van der Waals surface area contributed by atoms with Crippen LogP contribution in [0.4, 0.5) is 5.88 Å². The van der Waals surface area contributed by atoms with Crippen LogP contribution >= 0.6 is 27.3 Å². The van der Waals surface area contributed by atoms with E-state index in [1.165, 1.54) is 11.3 Å². The Hall–Kier alpha value is -2.14. The van der Waals surface area contributed by atoms with Crippen molar-refractivity contribution in [3.8, 4) is 5.75 Å². The summed E-state index contributed by atoms with van der Waals surface area (Å²) in [5, 5.41) is 5.48. The molecule has 28 heavy (non-hydrogen) atoms. The molecule has 0 amide bonds. The summed E-state index contributed by atoms with van der Waals surface area (Å²) in [7, 11) is -3.79. The third-order valence-electron chi connectivity index (χ3n) is 4.08. The average Bonchev–Trinajstić information content (AvgIpc) is 3.38. The van der Waals surface area contributed by atoms with E-state index in [2.05, 4.69) is 25.8 Å². The van der Waals surface area contributed by atoms with E-state index in [0.717, 1.165) is 16.0 Å². The zero-order valence-electron chi connectivity index (χ0n) is 14.6. The van der Waals surface area contributed by atoms with Crippen LogP contribution in [0.2, 0.25) is 0 Å². The smallest absolute Gasteiger partial charge is 0.265 e. The SMILES string of the molecule is Cc1noc(NS(=O)(=O)c2ccsc2C/C=C/c2ccc3c(c2)OOC3)c1Br. The topological polar surface area (TPSA) is 90.7 Å². The Kier molecular flexibility index (Phi) is 5.28. The normalized spacial score (nSPS) is 13.6. The standard InChI is InChI=1S/C18H15BrN2O5S2/c1-11-17(19)18(25-20-11)21-28(22,23)16-7-8-27-15(16)4-2-3-12-5-6-13-10-24-26-14(13)9-12/h2-3,5-9,21H,4,10H2,1H3/b3-2+. The molecule has 1 aliphatic rings. The number of benzene rings is 1. The van der Waals surface area contributed by atoms with Gasteiger partial charge in [0.2, 0.25) is 0 Å². The van der Waals surface area contributed by atoms with Crippen molar-refractivity contribution in [3.05, 3.63) is 61.9 Å². The molecular formula is C18H15BrN2O5S2. The first-order valence-corrected chi connectivity index (χ1v) is 11.4. The van der Waals surface area contributed by atoms with Crippen LogP contribution in [-0.2, 0) is 27.9 Å². The van der Waals surface area contributed by atoms with Gasteiger partial charge in [-0.2, -0.15) is 4.89 Å². The highest BCUT2D eigenvalue weighted by Gasteiger charge is 2.23. The lowest BCUT2D eigenvalue weighted by Crippen LogP contribution is -2.13. The van der Waals surface area contributed by atoms with Gasteiger partial charge in [0, 0.05) is 16.9 Å². The maximum absolute atomic E-state index is 12.7. The molecule has 1 N–H and O–H groups in total.